The van der Waals surface area contributed by atoms with Crippen LogP contribution in [0.5, 0.6) is 5.75 Å². The molecule has 37 heavy (non-hydrogen) atoms. The molecule has 3 N–H and O–H groups in total. The molecule has 0 unspecified atom stereocenters. The first-order chi connectivity index (χ1) is 17.6. The number of para-hydroxylation sites is 3. The van der Waals surface area contributed by atoms with Gasteiger partial charge in [-0.05, 0) is 35.7 Å². The SMILES string of the molecule is C[n+]1c(/C=C(\N)C(=Nc2c(O)ccc3ccccc23)c2nc3ccccc3o2)ccc2ccccc21.[I-]. The summed E-state index contributed by atoms with van der Waals surface area (Å²) in [6.07, 6.45) is 1.85. The number of benzene rings is 4. The zero-order chi connectivity index (χ0) is 24.6. The number of aromatic hydroxyl groups is 1. The number of halogens is 1. The van der Waals surface area contributed by atoms with E-state index in [9.17, 15) is 5.11 Å². The number of aromatic nitrogens is 2. The predicted molar refractivity (Wildman–Crippen MR) is 143 cm³/mol. The van der Waals surface area contributed by atoms with Crippen LogP contribution in [-0.4, -0.2) is 15.8 Å². The molecule has 0 amide bonds. The fraction of sp³-hybridized carbons (Fsp3) is 0.0333. The van der Waals surface area contributed by atoms with Gasteiger partial charge in [-0.3, -0.25) is 0 Å². The van der Waals surface area contributed by atoms with Crippen molar-refractivity contribution < 1.29 is 38.1 Å². The van der Waals surface area contributed by atoms with E-state index in [0.717, 1.165) is 27.4 Å². The molecule has 4 aromatic carbocycles. The molecule has 0 fully saturated rings. The molecule has 0 aliphatic heterocycles. The number of fused-ring (bicyclic) bond motifs is 3. The quantitative estimate of drug-likeness (QED) is 0.186. The van der Waals surface area contributed by atoms with Gasteiger partial charge in [-0.1, -0.05) is 54.6 Å². The summed E-state index contributed by atoms with van der Waals surface area (Å²) in [5.41, 5.74) is 11.1. The van der Waals surface area contributed by atoms with Crippen LogP contribution in [0.3, 0.4) is 0 Å². The highest BCUT2D eigenvalue weighted by molar-refractivity contribution is 6.15. The number of pyridine rings is 1. The van der Waals surface area contributed by atoms with Crippen molar-refractivity contribution in [2.75, 3.05) is 0 Å². The van der Waals surface area contributed by atoms with Crippen molar-refractivity contribution in [2.24, 2.45) is 17.8 Å². The zero-order valence-electron chi connectivity index (χ0n) is 20.0. The van der Waals surface area contributed by atoms with Crippen LogP contribution in [0.1, 0.15) is 11.6 Å². The van der Waals surface area contributed by atoms with Gasteiger partial charge in [-0.25, -0.2) is 9.98 Å². The largest absolute Gasteiger partial charge is 1.00 e. The number of hydrogen-bond acceptors (Lipinski definition) is 5. The fourth-order valence-electron chi connectivity index (χ4n) is 4.41. The number of aliphatic imine (C=N–C) groups is 1. The van der Waals surface area contributed by atoms with Crippen LogP contribution in [0.4, 0.5) is 5.69 Å². The van der Waals surface area contributed by atoms with E-state index >= 15 is 0 Å². The molecule has 0 saturated carbocycles. The van der Waals surface area contributed by atoms with Crippen molar-refractivity contribution in [2.45, 2.75) is 0 Å². The Balaban J connectivity index is 0.00000280. The molecular weight excluding hydrogens is 575 g/mol. The first-order valence-electron chi connectivity index (χ1n) is 11.6. The van der Waals surface area contributed by atoms with Crippen LogP contribution in [0.25, 0.3) is 38.9 Å². The summed E-state index contributed by atoms with van der Waals surface area (Å²) in [4.78, 5) is 9.50. The summed E-state index contributed by atoms with van der Waals surface area (Å²) >= 11 is 0. The third-order valence-corrected chi connectivity index (χ3v) is 6.30. The lowest BCUT2D eigenvalue weighted by atomic mass is 10.1. The molecule has 0 radical (unpaired) electrons. The molecule has 2 aromatic heterocycles. The third kappa shape index (κ3) is 4.53. The Morgan fingerprint density at radius 2 is 1.59 bits per heavy atom. The minimum Gasteiger partial charge on any atom is -1.00 e. The zero-order valence-corrected chi connectivity index (χ0v) is 22.1. The van der Waals surface area contributed by atoms with E-state index in [1.165, 1.54) is 0 Å². The highest BCUT2D eigenvalue weighted by Gasteiger charge is 2.19. The number of nitrogens with two attached hydrogens (primary N) is 1. The van der Waals surface area contributed by atoms with Gasteiger partial charge in [0.05, 0.1) is 5.70 Å². The number of nitrogens with zero attached hydrogens (tertiary/aromatic N) is 3. The van der Waals surface area contributed by atoms with Crippen LogP contribution >= 0.6 is 0 Å². The van der Waals surface area contributed by atoms with Crippen LogP contribution in [0, 0.1) is 0 Å². The number of phenols is 1. The van der Waals surface area contributed by atoms with Gasteiger partial charge in [0.2, 0.25) is 17.1 Å². The van der Waals surface area contributed by atoms with Gasteiger partial charge >= 0.3 is 0 Å². The topological polar surface area (TPSA) is 88.5 Å². The molecule has 0 aliphatic carbocycles. The van der Waals surface area contributed by atoms with E-state index < -0.39 is 0 Å². The maximum absolute atomic E-state index is 10.8. The van der Waals surface area contributed by atoms with E-state index in [-0.39, 0.29) is 35.6 Å². The Labute approximate surface area is 230 Å². The Hall–Kier alpha value is -4.24. The van der Waals surface area contributed by atoms with E-state index in [4.69, 9.17) is 15.1 Å². The Bertz CT molecular complexity index is 1810. The van der Waals surface area contributed by atoms with Gasteiger partial charge in [0.25, 0.3) is 0 Å². The molecular formula is C30H23IN4O2. The summed E-state index contributed by atoms with van der Waals surface area (Å²) in [7, 11) is 1.99. The van der Waals surface area contributed by atoms with Crippen LogP contribution in [-0.2, 0) is 7.05 Å². The first-order valence-corrected chi connectivity index (χ1v) is 11.6. The second kappa shape index (κ2) is 10.0. The summed E-state index contributed by atoms with van der Waals surface area (Å²) in [6, 6.07) is 31.0. The molecule has 7 heteroatoms. The fourth-order valence-corrected chi connectivity index (χ4v) is 4.41. The highest BCUT2D eigenvalue weighted by atomic mass is 127. The van der Waals surface area contributed by atoms with Gasteiger partial charge in [0.15, 0.2) is 5.58 Å². The molecule has 6 rings (SSSR count). The maximum Gasteiger partial charge on any atom is 0.248 e. The van der Waals surface area contributed by atoms with E-state index in [1.54, 1.807) is 6.07 Å². The van der Waals surface area contributed by atoms with Crippen LogP contribution in [0.15, 0.2) is 112 Å². The summed E-state index contributed by atoms with van der Waals surface area (Å²) in [5, 5.41) is 13.6. The molecule has 0 atom stereocenters. The maximum atomic E-state index is 10.8. The Morgan fingerprint density at radius 1 is 0.892 bits per heavy atom. The standard InChI is InChI=1S/C30H22N4O2.HI/c1-34-21(16-14-20-9-3-6-12-25(20)34)18-23(31)29(30-32-24-11-5-7-13-27(24)36-30)33-28-22-10-4-2-8-19(22)15-17-26(28)35;/h2-18H,1H3,(H2,31,32,35);1H. The average molecular weight is 598 g/mol. The van der Waals surface area contributed by atoms with Gasteiger partial charge in [-0.15, -0.1) is 0 Å². The number of hydrogen-bond donors (Lipinski definition) is 2. The molecule has 2 heterocycles. The minimum absolute atomic E-state index is 0. The lowest BCUT2D eigenvalue weighted by molar-refractivity contribution is -0.646. The molecule has 182 valence electrons. The van der Waals surface area contributed by atoms with Gasteiger partial charge < -0.3 is 39.2 Å². The number of aryl methyl sites for hydroxylation is 1. The molecule has 0 aliphatic rings. The molecule has 0 bridgehead atoms. The van der Waals surface area contributed by atoms with Crippen molar-refractivity contribution in [3.8, 4) is 5.75 Å². The average Bonchev–Trinajstić information content (AvgIpc) is 3.34. The summed E-state index contributed by atoms with van der Waals surface area (Å²) in [5.74, 6) is 0.326. The van der Waals surface area contributed by atoms with E-state index in [2.05, 4.69) is 27.8 Å². The third-order valence-electron chi connectivity index (χ3n) is 6.30. The molecule has 0 saturated heterocycles. The lowest BCUT2D eigenvalue weighted by Gasteiger charge is -2.08. The summed E-state index contributed by atoms with van der Waals surface area (Å²) in [6.45, 7) is 0. The number of allylic oxidation sites excluding steroid dienone is 1. The molecule has 6 aromatic rings. The Morgan fingerprint density at radius 3 is 2.43 bits per heavy atom. The van der Waals surface area contributed by atoms with E-state index in [1.807, 2.05) is 85.9 Å². The Kier molecular flexibility index (Phi) is 6.62. The second-order valence-corrected chi connectivity index (χ2v) is 8.58. The number of rotatable bonds is 4. The smallest absolute Gasteiger partial charge is 0.248 e. The van der Waals surface area contributed by atoms with Crippen molar-refractivity contribution in [3.63, 3.8) is 0 Å². The van der Waals surface area contributed by atoms with Crippen LogP contribution < -0.4 is 34.3 Å². The van der Waals surface area contributed by atoms with Gasteiger partial charge in [-0.2, -0.15) is 4.57 Å². The van der Waals surface area contributed by atoms with Gasteiger partial charge in [0, 0.05) is 29.0 Å². The van der Waals surface area contributed by atoms with Crippen molar-refractivity contribution in [3.05, 3.63) is 114 Å². The number of phenolic OH excluding ortho intramolecular Hbond substituents is 1. The normalized spacial score (nSPS) is 12.2. The second-order valence-electron chi connectivity index (χ2n) is 8.58. The number of oxazole rings is 1. The monoisotopic (exact) mass is 598 g/mol. The minimum atomic E-state index is 0. The van der Waals surface area contributed by atoms with E-state index in [0.29, 0.717) is 28.2 Å². The van der Waals surface area contributed by atoms with Crippen molar-refractivity contribution in [1.29, 1.82) is 0 Å². The van der Waals surface area contributed by atoms with Crippen molar-refractivity contribution >= 4 is 50.3 Å². The lowest BCUT2D eigenvalue weighted by Crippen LogP contribution is -3.00. The first kappa shape index (κ1) is 24.5. The summed E-state index contributed by atoms with van der Waals surface area (Å²) < 4.78 is 8.13. The van der Waals surface area contributed by atoms with Crippen LogP contribution in [0.2, 0.25) is 0 Å². The predicted octanol–water partition coefficient (Wildman–Crippen LogP) is 2.79. The molecule has 0 spiro atoms. The van der Waals surface area contributed by atoms with Crippen molar-refractivity contribution in [1.82, 2.24) is 4.98 Å². The van der Waals surface area contributed by atoms with Gasteiger partial charge in [0.1, 0.15) is 29.7 Å². The highest BCUT2D eigenvalue weighted by Crippen LogP contribution is 2.36. The molecule has 6 nitrogen and oxygen atoms in total.